The molecule has 0 N–H and O–H groups in total. The molecule has 0 aromatic heterocycles. The highest BCUT2D eigenvalue weighted by atomic mass is 16.5. The molecule has 1 aliphatic rings. The van der Waals surface area contributed by atoms with Gasteiger partial charge in [0, 0.05) is 6.42 Å². The Balaban J connectivity index is 2.37. The van der Waals surface area contributed by atoms with Crippen molar-refractivity contribution in [3.05, 3.63) is 11.8 Å². The maximum absolute atomic E-state index is 5.04. The average Bonchev–Trinajstić information content (AvgIpc) is 2.14. The third kappa shape index (κ3) is 1.03. The Bertz CT molecular complexity index is 105. The highest BCUT2D eigenvalue weighted by Gasteiger charge is 2.11. The van der Waals surface area contributed by atoms with Gasteiger partial charge in [-0.2, -0.15) is 0 Å². The van der Waals surface area contributed by atoms with Crippen LogP contribution in [0.2, 0.25) is 0 Å². The summed E-state index contributed by atoms with van der Waals surface area (Å²) < 4.78 is 5.04. The van der Waals surface area contributed by atoms with E-state index in [1.165, 1.54) is 6.42 Å². The summed E-state index contributed by atoms with van der Waals surface area (Å²) in [4.78, 5) is 0. The first-order valence-corrected chi connectivity index (χ1v) is 3.06. The second-order valence-corrected chi connectivity index (χ2v) is 2.42. The van der Waals surface area contributed by atoms with Crippen molar-refractivity contribution in [2.45, 2.75) is 19.8 Å². The van der Waals surface area contributed by atoms with Gasteiger partial charge in [-0.05, 0) is 18.4 Å². The van der Waals surface area contributed by atoms with Gasteiger partial charge >= 0.3 is 0 Å². The van der Waals surface area contributed by atoms with Crippen molar-refractivity contribution >= 4 is 0 Å². The van der Waals surface area contributed by atoms with E-state index in [9.17, 15) is 0 Å². The van der Waals surface area contributed by atoms with Gasteiger partial charge in [-0.15, -0.1) is 0 Å². The molecule has 1 aliphatic carbocycles. The number of hydrogen-bond donors (Lipinski definition) is 0. The number of allylic oxidation sites excluding steroid dienone is 2. The normalized spacial score (nSPS) is 27.8. The van der Waals surface area contributed by atoms with Crippen LogP contribution in [0.1, 0.15) is 19.8 Å². The molecule has 1 nitrogen and oxygen atoms in total. The molecule has 0 bridgehead atoms. The molecule has 0 aromatic carbocycles. The minimum Gasteiger partial charge on any atom is -0.501 e. The molecule has 0 amide bonds. The van der Waals surface area contributed by atoms with E-state index < -0.39 is 0 Å². The lowest BCUT2D eigenvalue weighted by Crippen LogP contribution is -1.86. The molecule has 0 spiro atoms. The van der Waals surface area contributed by atoms with E-state index in [0.717, 1.165) is 18.1 Å². The van der Waals surface area contributed by atoms with Gasteiger partial charge in [-0.1, -0.05) is 6.92 Å². The van der Waals surface area contributed by atoms with E-state index in [1.807, 2.05) is 0 Å². The van der Waals surface area contributed by atoms with Gasteiger partial charge in [-0.3, -0.25) is 0 Å². The molecule has 1 rings (SSSR count). The van der Waals surface area contributed by atoms with Gasteiger partial charge in [0.25, 0.3) is 0 Å². The number of rotatable bonds is 1. The molecular formula is C7H12O. The molecule has 0 aromatic rings. The maximum Gasteiger partial charge on any atom is 0.0918 e. The largest absolute Gasteiger partial charge is 0.501 e. The summed E-state index contributed by atoms with van der Waals surface area (Å²) in [7, 11) is 1.74. The summed E-state index contributed by atoms with van der Waals surface area (Å²) in [6, 6.07) is 0. The Morgan fingerprint density at radius 3 is 2.75 bits per heavy atom. The van der Waals surface area contributed by atoms with Gasteiger partial charge in [0.05, 0.1) is 12.9 Å². The van der Waals surface area contributed by atoms with Crippen LogP contribution < -0.4 is 0 Å². The summed E-state index contributed by atoms with van der Waals surface area (Å²) in [6.45, 7) is 2.24. The third-order valence-electron chi connectivity index (χ3n) is 1.56. The van der Waals surface area contributed by atoms with Crippen molar-refractivity contribution in [2.75, 3.05) is 7.11 Å². The lowest BCUT2D eigenvalue weighted by Gasteiger charge is -1.99. The van der Waals surface area contributed by atoms with Crippen molar-refractivity contribution in [1.82, 2.24) is 0 Å². The Morgan fingerprint density at radius 1 is 1.75 bits per heavy atom. The van der Waals surface area contributed by atoms with Crippen LogP contribution in [-0.2, 0) is 4.74 Å². The Hall–Kier alpha value is -0.460. The quantitative estimate of drug-likeness (QED) is 0.503. The highest BCUT2D eigenvalue weighted by molar-refractivity contribution is 5.01. The zero-order valence-corrected chi connectivity index (χ0v) is 5.48. The average molecular weight is 112 g/mol. The second-order valence-electron chi connectivity index (χ2n) is 2.42. The molecule has 1 unspecified atom stereocenters. The minimum atomic E-state index is 0.810. The van der Waals surface area contributed by atoms with Crippen molar-refractivity contribution in [3.8, 4) is 0 Å². The van der Waals surface area contributed by atoms with Crippen molar-refractivity contribution in [1.29, 1.82) is 0 Å². The van der Waals surface area contributed by atoms with Crippen LogP contribution in [0.4, 0.5) is 0 Å². The van der Waals surface area contributed by atoms with Crippen LogP contribution in [0.25, 0.3) is 0 Å². The molecule has 0 aliphatic heterocycles. The topological polar surface area (TPSA) is 9.23 Å². The van der Waals surface area contributed by atoms with E-state index >= 15 is 0 Å². The van der Waals surface area contributed by atoms with Crippen LogP contribution in [0, 0.1) is 5.92 Å². The van der Waals surface area contributed by atoms with E-state index in [1.54, 1.807) is 7.11 Å². The molecule has 46 valence electrons. The van der Waals surface area contributed by atoms with Crippen LogP contribution in [0.5, 0.6) is 0 Å². The van der Waals surface area contributed by atoms with E-state index in [2.05, 4.69) is 13.0 Å². The van der Waals surface area contributed by atoms with E-state index in [-0.39, 0.29) is 0 Å². The standard InChI is InChI=1S/C7H12O/c1-6-3-4-7(5-6)8-2/h4,6H,3,5H2,1-2H3. The number of ether oxygens (including phenoxy) is 1. The zero-order valence-electron chi connectivity index (χ0n) is 5.48. The van der Waals surface area contributed by atoms with Crippen LogP contribution >= 0.6 is 0 Å². The Morgan fingerprint density at radius 2 is 2.50 bits per heavy atom. The molecule has 1 heteroatoms. The Kier molecular flexibility index (Phi) is 1.56. The monoisotopic (exact) mass is 112 g/mol. The Labute approximate surface area is 50.3 Å². The van der Waals surface area contributed by atoms with Gasteiger partial charge < -0.3 is 4.74 Å². The molecule has 0 radical (unpaired) electrons. The van der Waals surface area contributed by atoms with Gasteiger partial charge in [-0.25, -0.2) is 0 Å². The zero-order chi connectivity index (χ0) is 5.98. The first-order chi connectivity index (χ1) is 3.83. The number of methoxy groups -OCH3 is 1. The van der Waals surface area contributed by atoms with Crippen molar-refractivity contribution in [3.63, 3.8) is 0 Å². The van der Waals surface area contributed by atoms with Gasteiger partial charge in [0.15, 0.2) is 0 Å². The first-order valence-electron chi connectivity index (χ1n) is 3.06. The summed E-state index contributed by atoms with van der Waals surface area (Å²) >= 11 is 0. The molecular weight excluding hydrogens is 100 g/mol. The van der Waals surface area contributed by atoms with Crippen molar-refractivity contribution < 1.29 is 4.74 Å². The molecule has 0 fully saturated rings. The summed E-state index contributed by atoms with van der Waals surface area (Å²) in [5, 5.41) is 0. The smallest absolute Gasteiger partial charge is 0.0918 e. The lowest BCUT2D eigenvalue weighted by atomic mass is 10.1. The SMILES string of the molecule is COC1=CCC(C)C1. The fraction of sp³-hybridized carbons (Fsp3) is 0.714. The fourth-order valence-electron chi connectivity index (χ4n) is 1.01. The minimum absolute atomic E-state index is 0.810. The van der Waals surface area contributed by atoms with E-state index in [0.29, 0.717) is 0 Å². The summed E-state index contributed by atoms with van der Waals surface area (Å²) in [6.07, 6.45) is 4.50. The van der Waals surface area contributed by atoms with Crippen LogP contribution in [0.3, 0.4) is 0 Å². The second kappa shape index (κ2) is 2.21. The van der Waals surface area contributed by atoms with Gasteiger partial charge in [0.1, 0.15) is 0 Å². The third-order valence-corrected chi connectivity index (χ3v) is 1.56. The van der Waals surface area contributed by atoms with Crippen molar-refractivity contribution in [2.24, 2.45) is 5.92 Å². The predicted molar refractivity (Wildman–Crippen MR) is 33.5 cm³/mol. The lowest BCUT2D eigenvalue weighted by molar-refractivity contribution is 0.275. The fourth-order valence-corrected chi connectivity index (χ4v) is 1.01. The first kappa shape index (κ1) is 5.67. The van der Waals surface area contributed by atoms with E-state index in [4.69, 9.17) is 4.74 Å². The van der Waals surface area contributed by atoms with Gasteiger partial charge in [0.2, 0.25) is 0 Å². The molecule has 0 saturated carbocycles. The molecule has 0 heterocycles. The molecule has 0 saturated heterocycles. The molecule has 1 atom stereocenters. The van der Waals surface area contributed by atoms with Crippen LogP contribution in [0.15, 0.2) is 11.8 Å². The highest BCUT2D eigenvalue weighted by Crippen LogP contribution is 2.23. The predicted octanol–water partition coefficient (Wildman–Crippen LogP) is 1.95. The maximum atomic E-state index is 5.04. The summed E-state index contributed by atoms with van der Waals surface area (Å²) in [5.74, 6) is 1.97. The van der Waals surface area contributed by atoms with Crippen LogP contribution in [-0.4, -0.2) is 7.11 Å². The summed E-state index contributed by atoms with van der Waals surface area (Å²) in [5.41, 5.74) is 0. The number of hydrogen-bond acceptors (Lipinski definition) is 1. The molecule has 8 heavy (non-hydrogen) atoms.